The largest absolute Gasteiger partial charge is 0.425 e. The molecule has 0 radical (unpaired) electrons. The Kier molecular flexibility index (Phi) is 5.42. The van der Waals surface area contributed by atoms with Gasteiger partial charge in [-0.25, -0.2) is 0 Å². The van der Waals surface area contributed by atoms with Gasteiger partial charge in [0.1, 0.15) is 11.5 Å². The minimum Gasteiger partial charge on any atom is -0.425 e. The van der Waals surface area contributed by atoms with Gasteiger partial charge >= 0.3 is 5.95 Å². The molecule has 0 aliphatic heterocycles. The van der Waals surface area contributed by atoms with Crippen LogP contribution >= 0.6 is 46.4 Å². The second-order valence-electron chi connectivity index (χ2n) is 4.75. The van der Waals surface area contributed by atoms with Gasteiger partial charge in [-0.1, -0.05) is 82.8 Å². The van der Waals surface area contributed by atoms with E-state index in [9.17, 15) is 0 Å². The van der Waals surface area contributed by atoms with Crippen LogP contribution in [0.1, 0.15) is 0 Å². The zero-order valence-corrected chi connectivity index (χ0v) is 15.1. The first-order valence-electron chi connectivity index (χ1n) is 6.89. The lowest BCUT2D eigenvalue weighted by Gasteiger charge is -2.14. The van der Waals surface area contributed by atoms with Crippen LogP contribution < -0.4 is 9.47 Å². The summed E-state index contributed by atoms with van der Waals surface area (Å²) in [5, 5.41) is 0.662. The molecule has 1 aliphatic carbocycles. The molecule has 2 nitrogen and oxygen atoms in total. The van der Waals surface area contributed by atoms with E-state index >= 15 is 0 Å². The number of hydrogen-bond acceptors (Lipinski definition) is 2. The van der Waals surface area contributed by atoms with Crippen LogP contribution in [-0.4, -0.2) is 0 Å². The zero-order chi connectivity index (χ0) is 17.1. The molecule has 0 saturated heterocycles. The van der Waals surface area contributed by atoms with Crippen molar-refractivity contribution in [3.63, 3.8) is 0 Å². The minimum absolute atomic E-state index is 0.0937. The van der Waals surface area contributed by atoms with E-state index < -0.39 is 0 Å². The summed E-state index contributed by atoms with van der Waals surface area (Å²) in [6.45, 7) is 0. The molecule has 0 aromatic heterocycles. The summed E-state index contributed by atoms with van der Waals surface area (Å²) >= 11 is 24.7. The molecular weight excluding hydrogens is 390 g/mol. The van der Waals surface area contributed by atoms with Crippen molar-refractivity contribution in [3.8, 4) is 11.5 Å². The van der Waals surface area contributed by atoms with E-state index in [-0.39, 0.29) is 26.1 Å². The van der Waals surface area contributed by atoms with Gasteiger partial charge in [0.25, 0.3) is 0 Å². The van der Waals surface area contributed by atoms with Gasteiger partial charge in [-0.2, -0.15) is 0 Å². The third-order valence-electron chi connectivity index (χ3n) is 3.13. The fourth-order valence-corrected chi connectivity index (χ4v) is 3.06. The van der Waals surface area contributed by atoms with Gasteiger partial charge in [0, 0.05) is 0 Å². The number of para-hydroxylation sites is 2. The van der Waals surface area contributed by atoms with Crippen LogP contribution in [0.5, 0.6) is 11.5 Å². The van der Waals surface area contributed by atoms with Gasteiger partial charge in [-0.15, -0.1) is 0 Å². The van der Waals surface area contributed by atoms with Gasteiger partial charge in [-0.3, -0.25) is 0 Å². The van der Waals surface area contributed by atoms with Crippen LogP contribution in [0.3, 0.4) is 0 Å². The van der Waals surface area contributed by atoms with Crippen molar-refractivity contribution in [1.82, 2.24) is 0 Å². The van der Waals surface area contributed by atoms with Crippen molar-refractivity contribution < 1.29 is 9.47 Å². The molecule has 0 fully saturated rings. The molecule has 2 aromatic carbocycles. The average molecular weight is 400 g/mol. The fraction of sp³-hybridized carbons (Fsp3) is 0. The molecule has 0 heterocycles. The minimum atomic E-state index is 0.0937. The Labute approximate surface area is 159 Å². The molecule has 1 aliphatic rings. The van der Waals surface area contributed by atoms with Gasteiger partial charge in [-0.05, 0) is 24.3 Å². The quantitative estimate of drug-likeness (QED) is 0.529. The van der Waals surface area contributed by atoms with E-state index in [2.05, 4.69) is 0 Å². The van der Waals surface area contributed by atoms with Crippen molar-refractivity contribution >= 4 is 46.4 Å². The summed E-state index contributed by atoms with van der Waals surface area (Å²) in [6.07, 6.45) is 0. The van der Waals surface area contributed by atoms with Gasteiger partial charge < -0.3 is 9.47 Å². The third kappa shape index (κ3) is 3.57. The molecule has 0 saturated carbocycles. The maximum Gasteiger partial charge on any atom is 0.301 e. The highest BCUT2D eigenvalue weighted by molar-refractivity contribution is 6.55. The van der Waals surface area contributed by atoms with Crippen molar-refractivity contribution in [2.45, 2.75) is 0 Å². The fourth-order valence-electron chi connectivity index (χ4n) is 2.00. The second-order valence-corrected chi connectivity index (χ2v) is 6.26. The molecule has 6 heteroatoms. The number of halogens is 4. The molecule has 3 rings (SSSR count). The first-order chi connectivity index (χ1) is 11.6. The third-order valence-corrected chi connectivity index (χ3v) is 4.93. The average Bonchev–Trinajstić information content (AvgIpc) is 2.80. The molecule has 0 spiro atoms. The lowest BCUT2D eigenvalue weighted by atomic mass is 10.3. The van der Waals surface area contributed by atoms with Crippen molar-refractivity contribution in [2.75, 3.05) is 0 Å². The van der Waals surface area contributed by atoms with E-state index in [1.54, 1.807) is 24.3 Å². The number of allylic oxidation sites excluding steroid dienone is 5. The Hall–Kier alpha value is -1.58. The summed E-state index contributed by atoms with van der Waals surface area (Å²) in [7, 11) is 0. The molecular formula is C18H10Cl4O2. The van der Waals surface area contributed by atoms with Crippen LogP contribution in [0.2, 0.25) is 0 Å². The number of benzene rings is 2. The van der Waals surface area contributed by atoms with Crippen LogP contribution in [0.4, 0.5) is 0 Å². The summed E-state index contributed by atoms with van der Waals surface area (Å²) < 4.78 is 11.7. The Morgan fingerprint density at radius 1 is 0.542 bits per heavy atom. The summed E-state index contributed by atoms with van der Waals surface area (Å²) in [5.41, 5.74) is 0.307. The van der Waals surface area contributed by atoms with E-state index in [1.807, 2.05) is 36.4 Å². The summed E-state index contributed by atoms with van der Waals surface area (Å²) in [6, 6.07) is 18.2. The molecule has 2 aromatic rings. The number of ether oxygens (including phenoxy) is 2. The van der Waals surface area contributed by atoms with E-state index in [0.29, 0.717) is 17.1 Å². The van der Waals surface area contributed by atoms with Crippen LogP contribution in [-0.2, 0) is 0 Å². The van der Waals surface area contributed by atoms with Crippen LogP contribution in [0.25, 0.3) is 0 Å². The Morgan fingerprint density at radius 3 is 1.29 bits per heavy atom. The van der Waals surface area contributed by atoms with Gasteiger partial charge in [0.15, 0.2) is 0 Å². The maximum absolute atomic E-state index is 6.26. The molecule has 0 bridgehead atoms. The Bertz CT molecular complexity index is 770. The highest BCUT2D eigenvalue weighted by Crippen LogP contribution is 2.46. The Balaban J connectivity index is 2.07. The van der Waals surface area contributed by atoms with E-state index in [0.717, 1.165) is 0 Å². The molecule has 24 heavy (non-hydrogen) atoms. The van der Waals surface area contributed by atoms with Crippen molar-refractivity contribution in [2.24, 2.45) is 0 Å². The van der Waals surface area contributed by atoms with E-state index in [4.69, 9.17) is 55.9 Å². The van der Waals surface area contributed by atoms with Gasteiger partial charge in [0.05, 0.1) is 25.7 Å². The normalized spacial score (nSPS) is 14.2. The van der Waals surface area contributed by atoms with Crippen LogP contribution in [0, 0.1) is 0 Å². The number of rotatable bonds is 4. The van der Waals surface area contributed by atoms with Gasteiger partial charge in [0.2, 0.25) is 0 Å². The molecule has 0 atom stereocenters. The van der Waals surface area contributed by atoms with Crippen molar-refractivity contribution in [3.05, 3.63) is 92.3 Å². The lowest BCUT2D eigenvalue weighted by molar-refractivity contribution is 0.223. The Morgan fingerprint density at radius 2 is 0.917 bits per heavy atom. The highest BCUT2D eigenvalue weighted by Gasteiger charge is 2.31. The predicted molar refractivity (Wildman–Crippen MR) is 98.6 cm³/mol. The maximum atomic E-state index is 6.26. The lowest BCUT2D eigenvalue weighted by Crippen LogP contribution is -2.08. The summed E-state index contributed by atoms with van der Waals surface area (Å²) in [5.74, 6) is 1.21. The standard InChI is InChI=1S/C18H10Cl4O2/c19-14-13(15(20)17(22)16(14)21)18(23-11-7-3-1-4-8-11)24-12-9-5-2-6-10-12/h1-10H. The number of hydrogen-bond donors (Lipinski definition) is 0. The first kappa shape index (κ1) is 17.2. The highest BCUT2D eigenvalue weighted by atomic mass is 35.5. The summed E-state index contributed by atoms with van der Waals surface area (Å²) in [4.78, 5) is 0. The molecule has 0 unspecified atom stereocenters. The van der Waals surface area contributed by atoms with Crippen molar-refractivity contribution in [1.29, 1.82) is 0 Å². The topological polar surface area (TPSA) is 18.5 Å². The SMILES string of the molecule is ClC1=C(Cl)C(=C(Oc2ccccc2)Oc2ccccc2)C(Cl)=C1Cl. The smallest absolute Gasteiger partial charge is 0.301 e. The second kappa shape index (κ2) is 7.54. The molecule has 122 valence electrons. The zero-order valence-electron chi connectivity index (χ0n) is 12.1. The molecule has 0 N–H and O–H groups in total. The van der Waals surface area contributed by atoms with Crippen LogP contribution in [0.15, 0.2) is 92.3 Å². The molecule has 0 amide bonds. The predicted octanol–water partition coefficient (Wildman–Crippen LogP) is 6.75. The first-order valence-corrected chi connectivity index (χ1v) is 8.41. The van der Waals surface area contributed by atoms with E-state index in [1.165, 1.54) is 0 Å². The monoisotopic (exact) mass is 398 g/mol.